The molecular weight excluding hydrogens is 284 g/mol. The Morgan fingerprint density at radius 2 is 2.21 bits per heavy atom. The molecule has 1 heterocycles. The summed E-state index contributed by atoms with van der Waals surface area (Å²) in [4.78, 5) is 9.85. The van der Waals surface area contributed by atoms with Gasteiger partial charge >= 0.3 is 22.4 Å². The number of fused-ring (bicyclic) bond motifs is 1. The monoisotopic (exact) mass is 286 g/mol. The number of aromatic nitrogens is 3. The first-order valence-electron chi connectivity index (χ1n) is 3.32. The molecule has 76 valence electrons. The number of benzene rings is 1. The third kappa shape index (κ3) is 1.48. The zero-order valence-corrected chi connectivity index (χ0v) is 7.99. The van der Waals surface area contributed by atoms with Gasteiger partial charge in [-0.15, -0.1) is 0 Å². The summed E-state index contributed by atoms with van der Waals surface area (Å²) in [6.45, 7) is 0. The van der Waals surface area contributed by atoms with Crippen molar-refractivity contribution < 1.29 is 32.4 Å². The third-order valence-corrected chi connectivity index (χ3v) is 1.59. The summed E-state index contributed by atoms with van der Waals surface area (Å²) >= 11 is 0. The predicted molar refractivity (Wildman–Crippen MR) is 41.2 cm³/mol. The van der Waals surface area contributed by atoms with Crippen LogP contribution in [0.25, 0.3) is 11.0 Å². The smallest absolute Gasteiger partial charge is 0.508 e. The van der Waals surface area contributed by atoms with Crippen molar-refractivity contribution >= 4 is 16.7 Å². The summed E-state index contributed by atoms with van der Waals surface area (Å²) in [5, 5.41) is 29.8. The van der Waals surface area contributed by atoms with Gasteiger partial charge in [-0.25, -0.2) is 0 Å². The predicted octanol–water partition coefficient (Wildman–Crippen LogP) is 0.198. The quantitative estimate of drug-likeness (QED) is 0.456. The number of aromatic hydroxyl groups is 1. The number of non-ortho nitro benzene ring substituents is 1. The molecule has 0 atom stereocenters. The molecule has 8 heteroatoms. The molecule has 0 bridgehead atoms. The molecule has 7 nitrogen and oxygen atoms in total. The van der Waals surface area contributed by atoms with E-state index >= 15 is 0 Å². The summed E-state index contributed by atoms with van der Waals surface area (Å²) in [6, 6.07) is 2.35. The number of phenols is 1. The number of nitrogens with zero attached hydrogens (tertiary/aromatic N) is 4. The third-order valence-electron chi connectivity index (χ3n) is 1.59. The van der Waals surface area contributed by atoms with Crippen molar-refractivity contribution in [2.75, 3.05) is 0 Å². The van der Waals surface area contributed by atoms with Gasteiger partial charge in [0.25, 0.3) is 5.69 Å². The average Bonchev–Trinajstić information content (AvgIpc) is 2.53. The number of hydrogen-bond acceptors (Lipinski definition) is 5. The van der Waals surface area contributed by atoms with Crippen LogP contribution in [-0.2, 0) is 22.4 Å². The minimum absolute atomic E-state index is 0. The van der Waals surface area contributed by atoms with E-state index in [1.54, 1.807) is 0 Å². The molecule has 0 amide bonds. The maximum Gasteiger partial charge on any atom is 1.00 e. The van der Waals surface area contributed by atoms with E-state index in [1.165, 1.54) is 6.07 Å². The molecule has 2 aromatic rings. The minimum Gasteiger partial charge on any atom is -0.508 e. The zero-order chi connectivity index (χ0) is 9.42. The molecule has 0 aliphatic carbocycles. The maximum atomic E-state index is 10.5. The standard InChI is InChI=1S/C6H3N4O3.Ag/c11-4-2-1-3(10(12)13)5-6(4)8-9-7-5;/h1-2H,(H-,7,8,9,11);/q-1;+1. The van der Waals surface area contributed by atoms with Gasteiger partial charge in [-0.05, 0) is 6.07 Å². The van der Waals surface area contributed by atoms with Crippen molar-refractivity contribution in [2.45, 2.75) is 0 Å². The average molecular weight is 287 g/mol. The van der Waals surface area contributed by atoms with Crippen molar-refractivity contribution in [3.05, 3.63) is 22.2 Å². The van der Waals surface area contributed by atoms with Gasteiger partial charge in [-0.3, -0.25) is 15.3 Å². The van der Waals surface area contributed by atoms with E-state index in [9.17, 15) is 15.2 Å². The van der Waals surface area contributed by atoms with E-state index in [0.717, 1.165) is 6.07 Å². The first-order chi connectivity index (χ1) is 6.20. The van der Waals surface area contributed by atoms with E-state index in [1.807, 2.05) is 0 Å². The number of hydrogen-bond donors (Lipinski definition) is 1. The Bertz CT molecular complexity index is 483. The molecule has 2 rings (SSSR count). The van der Waals surface area contributed by atoms with E-state index in [4.69, 9.17) is 0 Å². The van der Waals surface area contributed by atoms with Crippen molar-refractivity contribution in [1.82, 2.24) is 15.4 Å². The Kier molecular flexibility index (Phi) is 2.84. The largest absolute Gasteiger partial charge is 1.00 e. The van der Waals surface area contributed by atoms with E-state index in [2.05, 4.69) is 15.4 Å². The van der Waals surface area contributed by atoms with Crippen molar-refractivity contribution in [3.63, 3.8) is 0 Å². The Morgan fingerprint density at radius 3 is 2.86 bits per heavy atom. The molecule has 1 aromatic heterocycles. The van der Waals surface area contributed by atoms with Crippen LogP contribution in [-0.4, -0.2) is 20.3 Å². The molecule has 0 aliphatic rings. The summed E-state index contributed by atoms with van der Waals surface area (Å²) in [6.07, 6.45) is 0. The molecule has 0 fully saturated rings. The number of nitro groups is 1. The zero-order valence-electron chi connectivity index (χ0n) is 6.51. The van der Waals surface area contributed by atoms with E-state index in [-0.39, 0.29) is 44.9 Å². The van der Waals surface area contributed by atoms with Crippen molar-refractivity contribution in [3.8, 4) is 5.75 Å². The van der Waals surface area contributed by atoms with Gasteiger partial charge in [-0.1, -0.05) is 0 Å². The Morgan fingerprint density at radius 1 is 1.50 bits per heavy atom. The van der Waals surface area contributed by atoms with Crippen molar-refractivity contribution in [2.24, 2.45) is 0 Å². The van der Waals surface area contributed by atoms with Crippen LogP contribution in [0.4, 0.5) is 5.69 Å². The molecule has 0 unspecified atom stereocenters. The summed E-state index contributed by atoms with van der Waals surface area (Å²) in [5.41, 5.74) is -0.156. The Hall–Kier alpha value is -1.44. The fraction of sp³-hybridized carbons (Fsp3) is 0. The topological polar surface area (TPSA) is 103 Å². The minimum atomic E-state index is -0.599. The molecule has 1 aromatic carbocycles. The molecule has 0 saturated carbocycles. The molecule has 0 saturated heterocycles. The van der Waals surface area contributed by atoms with Gasteiger partial charge in [0, 0.05) is 11.6 Å². The summed E-state index contributed by atoms with van der Waals surface area (Å²) in [7, 11) is 0. The van der Waals surface area contributed by atoms with E-state index in [0.29, 0.717) is 0 Å². The molecular formula is C6H3AgN4O3. The van der Waals surface area contributed by atoms with Gasteiger partial charge in [0.2, 0.25) is 0 Å². The Balaban J connectivity index is 0.000000980. The van der Waals surface area contributed by atoms with Crippen molar-refractivity contribution in [1.29, 1.82) is 0 Å². The number of phenolic OH excluding ortho intramolecular Hbond substituents is 1. The Labute approximate surface area is 92.8 Å². The van der Waals surface area contributed by atoms with Gasteiger partial charge in [0.1, 0.15) is 5.75 Å². The number of rotatable bonds is 1. The fourth-order valence-corrected chi connectivity index (χ4v) is 1.01. The van der Waals surface area contributed by atoms with Crippen LogP contribution in [0.15, 0.2) is 12.1 Å². The first-order valence-corrected chi connectivity index (χ1v) is 3.32. The van der Waals surface area contributed by atoms with Crippen LogP contribution in [0.2, 0.25) is 0 Å². The van der Waals surface area contributed by atoms with Gasteiger partial charge in [0.05, 0.1) is 10.4 Å². The molecule has 1 N–H and O–H groups in total. The molecule has 0 radical (unpaired) electrons. The van der Waals surface area contributed by atoms with Gasteiger partial charge in [-0.2, -0.15) is 0 Å². The van der Waals surface area contributed by atoms with Crippen LogP contribution in [0.5, 0.6) is 5.75 Å². The first kappa shape index (κ1) is 10.6. The second-order valence-corrected chi connectivity index (χ2v) is 2.35. The van der Waals surface area contributed by atoms with E-state index < -0.39 is 4.92 Å². The summed E-state index contributed by atoms with van der Waals surface area (Å²) in [5.74, 6) is -0.161. The van der Waals surface area contributed by atoms with Crippen LogP contribution >= 0.6 is 0 Å². The van der Waals surface area contributed by atoms with Crippen LogP contribution < -0.4 is 5.10 Å². The summed E-state index contributed by atoms with van der Waals surface area (Å²) < 4.78 is 0. The van der Waals surface area contributed by atoms with Crippen LogP contribution in [0.1, 0.15) is 0 Å². The SMILES string of the molecule is O=[N+]([O-])c1ccc(O)c2nn[n-]c12.[Ag+]. The van der Waals surface area contributed by atoms with Crippen LogP contribution in [0, 0.1) is 10.1 Å². The maximum absolute atomic E-state index is 10.5. The van der Waals surface area contributed by atoms with Gasteiger partial charge in [0.15, 0.2) is 0 Å². The molecule has 0 spiro atoms. The molecule has 0 aliphatic heterocycles. The van der Waals surface area contributed by atoms with Gasteiger partial charge < -0.3 is 15.3 Å². The fourth-order valence-electron chi connectivity index (χ4n) is 1.01. The van der Waals surface area contributed by atoms with Crippen LogP contribution in [0.3, 0.4) is 0 Å². The normalized spacial score (nSPS) is 9.71. The number of nitro benzene ring substituents is 1. The molecule has 14 heavy (non-hydrogen) atoms. The second kappa shape index (κ2) is 3.74. The second-order valence-electron chi connectivity index (χ2n) is 2.35.